The highest BCUT2D eigenvalue weighted by atomic mass is 16.3. The number of aliphatic hydroxyl groups is 2. The second-order valence-corrected chi connectivity index (χ2v) is 22.1. The van der Waals surface area contributed by atoms with Crippen molar-refractivity contribution in [2.75, 3.05) is 6.61 Å². The van der Waals surface area contributed by atoms with Crippen LogP contribution in [0, 0.1) is 0 Å². The lowest BCUT2D eigenvalue weighted by molar-refractivity contribution is -0.123. The zero-order valence-corrected chi connectivity index (χ0v) is 49.6. The number of carbonyl (C=O) groups is 1. The summed E-state index contributed by atoms with van der Waals surface area (Å²) in [5, 5.41) is 23.2. The summed E-state index contributed by atoms with van der Waals surface area (Å²) < 4.78 is 0. The first-order valence-corrected chi connectivity index (χ1v) is 32.8. The Morgan fingerprint density at radius 3 is 0.946 bits per heavy atom. The van der Waals surface area contributed by atoms with Gasteiger partial charge in [0, 0.05) is 6.42 Å². The largest absolute Gasteiger partial charge is 0.394 e. The Morgan fingerprint density at radius 2 is 0.608 bits per heavy atom. The van der Waals surface area contributed by atoms with E-state index in [2.05, 4.69) is 92.1 Å². The number of nitrogens with one attached hydrogen (secondary N) is 1. The summed E-state index contributed by atoms with van der Waals surface area (Å²) >= 11 is 0. The van der Waals surface area contributed by atoms with Crippen LogP contribution in [0.15, 0.2) is 85.1 Å². The van der Waals surface area contributed by atoms with Crippen molar-refractivity contribution in [1.29, 1.82) is 0 Å². The molecule has 0 saturated carbocycles. The predicted molar refractivity (Wildman–Crippen MR) is 331 cm³/mol. The Hall–Kier alpha value is -2.43. The van der Waals surface area contributed by atoms with Crippen LogP contribution in [0.25, 0.3) is 0 Å². The number of allylic oxidation sites excluding steroid dienone is 13. The number of hydrogen-bond acceptors (Lipinski definition) is 3. The summed E-state index contributed by atoms with van der Waals surface area (Å²) in [6.07, 6.45) is 95.1. The Kier molecular flexibility index (Phi) is 62.7. The lowest BCUT2D eigenvalue weighted by Gasteiger charge is -2.19. The van der Waals surface area contributed by atoms with Crippen LogP contribution in [-0.4, -0.2) is 34.9 Å². The van der Waals surface area contributed by atoms with Gasteiger partial charge in [-0.25, -0.2) is 0 Å². The van der Waals surface area contributed by atoms with Crippen LogP contribution in [0.2, 0.25) is 0 Å². The molecule has 4 heteroatoms. The molecular formula is C70H127NO3. The van der Waals surface area contributed by atoms with Crippen LogP contribution < -0.4 is 5.32 Å². The van der Waals surface area contributed by atoms with Crippen molar-refractivity contribution in [3.8, 4) is 0 Å². The van der Waals surface area contributed by atoms with E-state index in [4.69, 9.17) is 0 Å². The van der Waals surface area contributed by atoms with E-state index in [0.29, 0.717) is 6.42 Å². The molecule has 0 aromatic carbocycles. The summed E-state index contributed by atoms with van der Waals surface area (Å²) in [5.41, 5.74) is 0. The Balaban J connectivity index is 3.50. The molecule has 0 rings (SSSR count). The third kappa shape index (κ3) is 60.4. The molecule has 0 aromatic heterocycles. The standard InChI is InChI=1S/C70H127NO3/c1-3-5-7-9-11-13-15-17-19-21-23-25-27-29-31-33-35-37-39-41-43-45-47-49-51-53-55-57-59-61-63-65-69(73)68(67-72)71-70(74)66-64-62-60-58-56-54-52-50-48-46-44-42-40-38-36-34-32-30-28-26-24-22-20-18-16-14-12-10-8-6-4-2/h6,8,12,14,18,20,24,26,30,32,55,57,63,65,68-69,72-73H,3-5,7,9-11,13,15-17,19,21-23,25,27-29,31,33-54,56,58-62,64,66-67H2,1-2H3,(H,71,74)/b8-6-,14-12-,20-18-,26-24-,32-30-,57-55+,65-63+. The number of rotatable bonds is 60. The van der Waals surface area contributed by atoms with Gasteiger partial charge in [-0.05, 0) is 77.0 Å². The van der Waals surface area contributed by atoms with Crippen molar-refractivity contribution in [2.24, 2.45) is 0 Å². The van der Waals surface area contributed by atoms with Crippen molar-refractivity contribution < 1.29 is 15.0 Å². The van der Waals surface area contributed by atoms with E-state index < -0.39 is 12.1 Å². The summed E-state index contributed by atoms with van der Waals surface area (Å²) in [6, 6.07) is -0.645. The van der Waals surface area contributed by atoms with E-state index >= 15 is 0 Å². The Bertz CT molecular complexity index is 1310. The molecule has 0 spiro atoms. The van der Waals surface area contributed by atoms with Crippen LogP contribution >= 0.6 is 0 Å². The molecule has 0 saturated heterocycles. The number of hydrogen-bond donors (Lipinski definition) is 3. The summed E-state index contributed by atoms with van der Waals surface area (Å²) in [7, 11) is 0. The molecule has 430 valence electrons. The SMILES string of the molecule is CC/C=C\C/C=C\C/C=C\C/C=C\C/C=C\CCCCCCCCCCCCCCCCCC(=O)NC(CO)C(O)/C=C/CC/C=C/CCCCCCCCCCCCCCCCCCCCCCCCCCC. The fraction of sp³-hybridized carbons (Fsp3) is 0.786. The van der Waals surface area contributed by atoms with Crippen molar-refractivity contribution in [1.82, 2.24) is 5.32 Å². The maximum atomic E-state index is 12.5. The second-order valence-electron chi connectivity index (χ2n) is 22.1. The van der Waals surface area contributed by atoms with Gasteiger partial charge in [0.25, 0.3) is 0 Å². The highest BCUT2D eigenvalue weighted by Gasteiger charge is 2.18. The van der Waals surface area contributed by atoms with Crippen LogP contribution in [0.4, 0.5) is 0 Å². The molecular weight excluding hydrogens is 903 g/mol. The average molecular weight is 1030 g/mol. The van der Waals surface area contributed by atoms with Gasteiger partial charge in [0.1, 0.15) is 0 Å². The zero-order chi connectivity index (χ0) is 53.4. The van der Waals surface area contributed by atoms with Gasteiger partial charge in [0.2, 0.25) is 5.91 Å². The van der Waals surface area contributed by atoms with E-state index in [1.807, 2.05) is 6.08 Å². The van der Waals surface area contributed by atoms with Gasteiger partial charge in [0.05, 0.1) is 18.8 Å². The van der Waals surface area contributed by atoms with E-state index in [1.54, 1.807) is 6.08 Å². The first-order chi connectivity index (χ1) is 36.7. The van der Waals surface area contributed by atoms with E-state index in [9.17, 15) is 15.0 Å². The lowest BCUT2D eigenvalue weighted by Crippen LogP contribution is -2.45. The minimum absolute atomic E-state index is 0.0725. The molecule has 0 aliphatic carbocycles. The molecule has 0 fully saturated rings. The van der Waals surface area contributed by atoms with Crippen molar-refractivity contribution in [3.63, 3.8) is 0 Å². The smallest absolute Gasteiger partial charge is 0.220 e. The first-order valence-electron chi connectivity index (χ1n) is 32.8. The van der Waals surface area contributed by atoms with E-state index in [1.165, 1.54) is 250 Å². The summed E-state index contributed by atoms with van der Waals surface area (Å²) in [4.78, 5) is 12.5. The maximum Gasteiger partial charge on any atom is 0.220 e. The molecule has 2 atom stereocenters. The zero-order valence-electron chi connectivity index (χ0n) is 49.6. The minimum atomic E-state index is -0.868. The Labute approximate surface area is 462 Å². The van der Waals surface area contributed by atoms with Gasteiger partial charge in [-0.2, -0.15) is 0 Å². The molecule has 0 radical (unpaired) electrons. The highest BCUT2D eigenvalue weighted by Crippen LogP contribution is 2.18. The highest BCUT2D eigenvalue weighted by molar-refractivity contribution is 5.76. The molecule has 0 aliphatic rings. The molecule has 0 heterocycles. The van der Waals surface area contributed by atoms with Crippen LogP contribution in [0.5, 0.6) is 0 Å². The fourth-order valence-corrected chi connectivity index (χ4v) is 9.93. The van der Waals surface area contributed by atoms with E-state index in [0.717, 1.165) is 64.2 Å². The van der Waals surface area contributed by atoms with Gasteiger partial charge in [0.15, 0.2) is 0 Å². The Morgan fingerprint density at radius 1 is 0.338 bits per heavy atom. The number of unbranched alkanes of at least 4 members (excludes halogenated alkanes) is 41. The quantitative estimate of drug-likeness (QED) is 0.0420. The molecule has 0 aromatic rings. The van der Waals surface area contributed by atoms with Gasteiger partial charge in [-0.15, -0.1) is 0 Å². The molecule has 3 N–H and O–H groups in total. The van der Waals surface area contributed by atoms with Gasteiger partial charge in [-0.3, -0.25) is 4.79 Å². The molecule has 2 unspecified atom stereocenters. The number of carbonyl (C=O) groups excluding carboxylic acids is 1. The maximum absolute atomic E-state index is 12.5. The van der Waals surface area contributed by atoms with Crippen LogP contribution in [0.1, 0.15) is 335 Å². The third-order valence-corrected chi connectivity index (χ3v) is 14.9. The van der Waals surface area contributed by atoms with E-state index in [-0.39, 0.29) is 12.5 Å². The third-order valence-electron chi connectivity index (χ3n) is 14.9. The number of aliphatic hydroxyl groups excluding tert-OH is 2. The van der Waals surface area contributed by atoms with Crippen LogP contribution in [-0.2, 0) is 4.79 Å². The summed E-state index contributed by atoms with van der Waals surface area (Å²) in [6.45, 7) is 4.21. The molecule has 0 bridgehead atoms. The van der Waals surface area contributed by atoms with Crippen molar-refractivity contribution in [2.45, 2.75) is 347 Å². The van der Waals surface area contributed by atoms with Crippen LogP contribution in [0.3, 0.4) is 0 Å². The fourth-order valence-electron chi connectivity index (χ4n) is 9.93. The lowest BCUT2D eigenvalue weighted by atomic mass is 10.0. The molecule has 74 heavy (non-hydrogen) atoms. The normalized spacial score (nSPS) is 13.3. The second kappa shape index (κ2) is 64.9. The summed E-state index contributed by atoms with van der Waals surface area (Å²) in [5.74, 6) is -0.0725. The van der Waals surface area contributed by atoms with Gasteiger partial charge < -0.3 is 15.5 Å². The molecule has 0 aliphatic heterocycles. The minimum Gasteiger partial charge on any atom is -0.394 e. The van der Waals surface area contributed by atoms with Crippen molar-refractivity contribution >= 4 is 5.91 Å². The predicted octanol–water partition coefficient (Wildman–Crippen LogP) is 22.3. The monoisotopic (exact) mass is 1030 g/mol. The average Bonchev–Trinajstić information content (AvgIpc) is 3.40. The van der Waals surface area contributed by atoms with Gasteiger partial charge in [-0.1, -0.05) is 336 Å². The van der Waals surface area contributed by atoms with Crippen molar-refractivity contribution in [3.05, 3.63) is 85.1 Å². The molecule has 1 amide bonds. The van der Waals surface area contributed by atoms with Gasteiger partial charge >= 0.3 is 0 Å². The first kappa shape index (κ1) is 71.6. The molecule has 4 nitrogen and oxygen atoms in total. The number of amides is 1. The topological polar surface area (TPSA) is 69.6 Å².